The number of hydrogen-bond acceptors (Lipinski definition) is 6. The van der Waals surface area contributed by atoms with Gasteiger partial charge >= 0.3 is 0 Å². The monoisotopic (exact) mass is 461 g/mol. The predicted octanol–water partition coefficient (Wildman–Crippen LogP) is 3.26. The van der Waals surface area contributed by atoms with Crippen molar-refractivity contribution in [2.75, 3.05) is 25.5 Å². The van der Waals surface area contributed by atoms with E-state index in [0.717, 1.165) is 29.9 Å². The second kappa shape index (κ2) is 12.3. The number of carbonyl (C=O) groups is 2. The van der Waals surface area contributed by atoms with Gasteiger partial charge in [-0.1, -0.05) is 11.6 Å². The zero-order valence-electron chi connectivity index (χ0n) is 16.9. The lowest BCUT2D eigenvalue weighted by Crippen LogP contribution is -2.35. The zero-order chi connectivity index (χ0) is 21.9. The van der Waals surface area contributed by atoms with Crippen LogP contribution in [0.1, 0.15) is 18.4 Å². The molecule has 0 aliphatic carbocycles. The highest BCUT2D eigenvalue weighted by Gasteiger charge is 2.16. The Hall–Kier alpha value is -2.55. The highest BCUT2D eigenvalue weighted by Crippen LogP contribution is 2.20. The lowest BCUT2D eigenvalue weighted by Gasteiger charge is -2.11. The van der Waals surface area contributed by atoms with Crippen LogP contribution in [-0.2, 0) is 14.3 Å². The van der Waals surface area contributed by atoms with Gasteiger partial charge in [-0.05, 0) is 66.9 Å². The summed E-state index contributed by atoms with van der Waals surface area (Å²) in [5.74, 6) is 0.444. The first-order chi connectivity index (χ1) is 15.1. The number of nitrogens with zero attached hydrogens (tertiary/aromatic N) is 1. The number of hydrazone groups is 1. The molecule has 0 radical (unpaired) electrons. The Morgan fingerprint density at radius 2 is 1.94 bits per heavy atom. The van der Waals surface area contributed by atoms with Gasteiger partial charge in [-0.15, -0.1) is 11.8 Å². The minimum Gasteiger partial charge on any atom is -0.484 e. The molecule has 2 amide bonds. The third kappa shape index (κ3) is 8.61. The molecule has 2 N–H and O–H groups in total. The maximum absolute atomic E-state index is 11.9. The molecule has 0 unspecified atom stereocenters. The summed E-state index contributed by atoms with van der Waals surface area (Å²) in [7, 11) is 0. The van der Waals surface area contributed by atoms with Crippen LogP contribution in [0.25, 0.3) is 0 Å². The van der Waals surface area contributed by atoms with Crippen LogP contribution < -0.4 is 15.5 Å². The van der Waals surface area contributed by atoms with Crippen molar-refractivity contribution in [2.24, 2.45) is 5.10 Å². The molecule has 0 bridgehead atoms. The Kier molecular flexibility index (Phi) is 9.20. The first-order valence-electron chi connectivity index (χ1n) is 9.90. The molecule has 1 saturated heterocycles. The summed E-state index contributed by atoms with van der Waals surface area (Å²) in [6, 6.07) is 14.4. The molecular formula is C22H24ClN3O4S. The number of rotatable bonds is 10. The van der Waals surface area contributed by atoms with Gasteiger partial charge in [0, 0.05) is 23.1 Å². The number of benzene rings is 2. The summed E-state index contributed by atoms with van der Waals surface area (Å²) < 4.78 is 10.9. The van der Waals surface area contributed by atoms with Crippen molar-refractivity contribution < 1.29 is 19.1 Å². The van der Waals surface area contributed by atoms with E-state index in [-0.39, 0.29) is 30.3 Å². The fourth-order valence-electron chi connectivity index (χ4n) is 2.77. The molecule has 0 saturated carbocycles. The van der Waals surface area contributed by atoms with Crippen LogP contribution in [0.15, 0.2) is 58.5 Å². The molecule has 9 heteroatoms. The lowest BCUT2D eigenvalue weighted by atomic mass is 10.2. The number of nitrogens with one attached hydrogen (secondary N) is 2. The maximum Gasteiger partial charge on any atom is 0.258 e. The van der Waals surface area contributed by atoms with Crippen LogP contribution in [0, 0.1) is 0 Å². The molecule has 1 aliphatic heterocycles. The predicted molar refractivity (Wildman–Crippen MR) is 122 cm³/mol. The average molecular weight is 462 g/mol. The third-order valence-corrected chi connectivity index (χ3v) is 5.65. The standard InChI is InChI=1S/C22H24ClN3O4S/c23-17-5-9-20(10-6-17)31-15-22(28)26-25-12-16-3-7-18(8-4-16)30-14-21(27)24-13-19-2-1-11-29-19/h3-10,12,19H,1-2,11,13-15H2,(H,24,27)(H,26,28)/b25-12-/t19-/m1/s1. The number of carbonyl (C=O) groups excluding carboxylic acids is 2. The summed E-state index contributed by atoms with van der Waals surface area (Å²) in [6.07, 6.45) is 3.67. The van der Waals surface area contributed by atoms with Crippen LogP contribution in [0.5, 0.6) is 5.75 Å². The summed E-state index contributed by atoms with van der Waals surface area (Å²) in [4.78, 5) is 24.7. The molecule has 31 heavy (non-hydrogen) atoms. The fourth-order valence-corrected chi connectivity index (χ4v) is 3.59. The Labute approximate surface area is 190 Å². The first-order valence-corrected chi connectivity index (χ1v) is 11.3. The van der Waals surface area contributed by atoms with Gasteiger partial charge < -0.3 is 14.8 Å². The van der Waals surface area contributed by atoms with E-state index in [1.165, 1.54) is 11.8 Å². The molecule has 3 rings (SSSR count). The molecule has 0 aromatic heterocycles. The largest absolute Gasteiger partial charge is 0.484 e. The van der Waals surface area contributed by atoms with Crippen molar-refractivity contribution in [1.29, 1.82) is 0 Å². The zero-order valence-corrected chi connectivity index (χ0v) is 18.5. The highest BCUT2D eigenvalue weighted by atomic mass is 35.5. The molecule has 1 fully saturated rings. The molecule has 2 aromatic rings. The molecular weight excluding hydrogens is 438 g/mol. The quantitative estimate of drug-likeness (QED) is 0.322. The summed E-state index contributed by atoms with van der Waals surface area (Å²) in [6.45, 7) is 1.22. The van der Waals surface area contributed by atoms with E-state index in [4.69, 9.17) is 21.1 Å². The van der Waals surface area contributed by atoms with Gasteiger partial charge in [0.05, 0.1) is 18.1 Å². The minimum absolute atomic E-state index is 0.0541. The topological polar surface area (TPSA) is 89.0 Å². The number of amides is 2. The second-order valence-electron chi connectivity index (χ2n) is 6.83. The Balaban J connectivity index is 1.33. The van der Waals surface area contributed by atoms with Crippen LogP contribution in [0.3, 0.4) is 0 Å². The second-order valence-corrected chi connectivity index (χ2v) is 8.32. The van der Waals surface area contributed by atoms with E-state index in [0.29, 0.717) is 17.3 Å². The van der Waals surface area contributed by atoms with E-state index in [1.807, 2.05) is 12.1 Å². The Morgan fingerprint density at radius 1 is 1.16 bits per heavy atom. The molecule has 2 aromatic carbocycles. The summed E-state index contributed by atoms with van der Waals surface area (Å²) in [5.41, 5.74) is 3.29. The van der Waals surface area contributed by atoms with Crippen molar-refractivity contribution in [3.05, 3.63) is 59.1 Å². The van der Waals surface area contributed by atoms with E-state index >= 15 is 0 Å². The van der Waals surface area contributed by atoms with E-state index in [1.54, 1.807) is 42.6 Å². The van der Waals surface area contributed by atoms with Crippen molar-refractivity contribution in [3.8, 4) is 5.75 Å². The van der Waals surface area contributed by atoms with Crippen molar-refractivity contribution in [2.45, 2.75) is 23.8 Å². The van der Waals surface area contributed by atoms with Gasteiger partial charge in [0.2, 0.25) is 5.91 Å². The van der Waals surface area contributed by atoms with Gasteiger partial charge in [0.15, 0.2) is 6.61 Å². The van der Waals surface area contributed by atoms with Gasteiger partial charge in [-0.3, -0.25) is 9.59 Å². The molecule has 1 heterocycles. The van der Waals surface area contributed by atoms with Crippen molar-refractivity contribution >= 4 is 41.4 Å². The smallest absolute Gasteiger partial charge is 0.258 e. The highest BCUT2D eigenvalue weighted by molar-refractivity contribution is 8.00. The Bertz CT molecular complexity index is 885. The SMILES string of the molecule is O=C(COc1ccc(/C=N\NC(=O)CSc2ccc(Cl)cc2)cc1)NC[C@H]1CCCO1. The normalized spacial score (nSPS) is 15.7. The van der Waals surface area contributed by atoms with Crippen molar-refractivity contribution in [3.63, 3.8) is 0 Å². The molecule has 0 spiro atoms. The van der Waals surface area contributed by atoms with Crippen LogP contribution in [0.2, 0.25) is 5.02 Å². The van der Waals surface area contributed by atoms with Crippen LogP contribution >= 0.6 is 23.4 Å². The number of halogens is 1. The molecule has 1 atom stereocenters. The molecule has 1 aliphatic rings. The van der Waals surface area contributed by atoms with Gasteiger partial charge in [-0.25, -0.2) is 5.43 Å². The minimum atomic E-state index is -0.204. The summed E-state index contributed by atoms with van der Waals surface area (Å²) >= 11 is 7.24. The first kappa shape index (κ1) is 23.1. The Morgan fingerprint density at radius 3 is 2.65 bits per heavy atom. The average Bonchev–Trinajstić information content (AvgIpc) is 3.30. The number of hydrogen-bond donors (Lipinski definition) is 2. The van der Waals surface area contributed by atoms with E-state index in [2.05, 4.69) is 15.8 Å². The van der Waals surface area contributed by atoms with Crippen molar-refractivity contribution in [1.82, 2.24) is 10.7 Å². The van der Waals surface area contributed by atoms with E-state index in [9.17, 15) is 9.59 Å². The molecule has 7 nitrogen and oxygen atoms in total. The number of ether oxygens (including phenoxy) is 2. The van der Waals surface area contributed by atoms with Gasteiger partial charge in [0.1, 0.15) is 5.75 Å². The van der Waals surface area contributed by atoms with Gasteiger partial charge in [0.25, 0.3) is 5.91 Å². The number of thioether (sulfide) groups is 1. The van der Waals surface area contributed by atoms with E-state index < -0.39 is 0 Å². The molecule has 164 valence electrons. The van der Waals surface area contributed by atoms with Crippen LogP contribution in [0.4, 0.5) is 0 Å². The maximum atomic E-state index is 11.9. The summed E-state index contributed by atoms with van der Waals surface area (Å²) in [5, 5.41) is 7.43. The lowest BCUT2D eigenvalue weighted by molar-refractivity contribution is -0.123. The fraction of sp³-hybridized carbons (Fsp3) is 0.318. The third-order valence-electron chi connectivity index (χ3n) is 4.39. The van der Waals surface area contributed by atoms with Crippen LogP contribution in [-0.4, -0.2) is 49.6 Å². The van der Waals surface area contributed by atoms with Gasteiger partial charge in [-0.2, -0.15) is 5.10 Å².